The van der Waals surface area contributed by atoms with E-state index in [2.05, 4.69) is 29.1 Å². The van der Waals surface area contributed by atoms with Crippen molar-refractivity contribution >= 4 is 11.3 Å². The van der Waals surface area contributed by atoms with Gasteiger partial charge in [0.25, 0.3) is 0 Å². The smallest absolute Gasteiger partial charge is 0.0935 e. The third kappa shape index (κ3) is 2.54. The Morgan fingerprint density at radius 2 is 2.07 bits per heavy atom. The first-order valence-electron chi connectivity index (χ1n) is 5.01. The second-order valence-electron chi connectivity index (χ2n) is 3.32. The highest BCUT2D eigenvalue weighted by molar-refractivity contribution is 7.09. The van der Waals surface area contributed by atoms with Crippen LogP contribution in [0.1, 0.15) is 11.4 Å². The first-order valence-corrected chi connectivity index (χ1v) is 5.89. The van der Waals surface area contributed by atoms with Gasteiger partial charge in [-0.2, -0.15) is 0 Å². The quantitative estimate of drug-likeness (QED) is 0.704. The Labute approximate surface area is 94.1 Å². The summed E-state index contributed by atoms with van der Waals surface area (Å²) in [5.74, 6) is 0. The van der Waals surface area contributed by atoms with E-state index in [1.807, 2.05) is 24.3 Å². The zero-order chi connectivity index (χ0) is 10.5. The van der Waals surface area contributed by atoms with Gasteiger partial charge in [0.15, 0.2) is 0 Å². The Balaban J connectivity index is 2.17. The summed E-state index contributed by atoms with van der Waals surface area (Å²) in [5, 5.41) is 3.31. The van der Waals surface area contributed by atoms with Crippen molar-refractivity contribution in [2.45, 2.75) is 12.8 Å². The lowest BCUT2D eigenvalue weighted by Gasteiger charge is -1.94. The summed E-state index contributed by atoms with van der Waals surface area (Å²) in [5.41, 5.74) is 2.28. The van der Waals surface area contributed by atoms with E-state index in [0.717, 1.165) is 18.5 Å². The van der Waals surface area contributed by atoms with E-state index in [1.165, 1.54) is 10.6 Å². The van der Waals surface area contributed by atoms with Crippen LogP contribution in [0.15, 0.2) is 48.4 Å². The first kappa shape index (κ1) is 10.1. The molecule has 2 heteroatoms. The van der Waals surface area contributed by atoms with Crippen molar-refractivity contribution < 1.29 is 0 Å². The van der Waals surface area contributed by atoms with E-state index in [-0.39, 0.29) is 0 Å². The zero-order valence-electron chi connectivity index (χ0n) is 8.52. The number of hydrogen-bond donors (Lipinski definition) is 0. The highest BCUT2D eigenvalue weighted by Crippen LogP contribution is 2.22. The third-order valence-electron chi connectivity index (χ3n) is 2.18. The molecule has 0 spiro atoms. The van der Waals surface area contributed by atoms with E-state index in [9.17, 15) is 0 Å². The molecule has 0 aliphatic rings. The van der Waals surface area contributed by atoms with Gasteiger partial charge in [-0.1, -0.05) is 36.4 Å². The predicted octanol–water partition coefficient (Wildman–Crippen LogP) is 3.93. The van der Waals surface area contributed by atoms with Gasteiger partial charge in [-0.05, 0) is 6.42 Å². The largest absolute Gasteiger partial charge is 0.241 e. The summed E-state index contributed by atoms with van der Waals surface area (Å²) in [6.45, 7) is 3.72. The standard InChI is InChI=1S/C13H13NS/c1-2-3-9-13-14-12(10-15-13)11-7-5-4-6-8-11/h2,4-8,10H,1,3,9H2. The van der Waals surface area contributed by atoms with Crippen LogP contribution >= 0.6 is 11.3 Å². The van der Waals surface area contributed by atoms with Gasteiger partial charge in [-0.3, -0.25) is 0 Å². The Hall–Kier alpha value is -1.41. The molecule has 0 radical (unpaired) electrons. The lowest BCUT2D eigenvalue weighted by Crippen LogP contribution is -1.82. The molecule has 0 saturated heterocycles. The van der Waals surface area contributed by atoms with Crippen molar-refractivity contribution in [1.29, 1.82) is 0 Å². The van der Waals surface area contributed by atoms with Crippen molar-refractivity contribution in [2.24, 2.45) is 0 Å². The molecule has 1 aromatic heterocycles. The molecule has 1 nitrogen and oxygen atoms in total. The van der Waals surface area contributed by atoms with Crippen LogP contribution in [0.5, 0.6) is 0 Å². The Kier molecular flexibility index (Phi) is 3.30. The van der Waals surface area contributed by atoms with Gasteiger partial charge in [0.1, 0.15) is 0 Å². The highest BCUT2D eigenvalue weighted by atomic mass is 32.1. The summed E-state index contributed by atoms with van der Waals surface area (Å²) in [4.78, 5) is 4.59. The van der Waals surface area contributed by atoms with Crippen LogP contribution in [0.2, 0.25) is 0 Å². The summed E-state index contributed by atoms with van der Waals surface area (Å²) in [7, 11) is 0. The van der Waals surface area contributed by atoms with Gasteiger partial charge >= 0.3 is 0 Å². The van der Waals surface area contributed by atoms with Gasteiger partial charge in [0.2, 0.25) is 0 Å². The topological polar surface area (TPSA) is 12.9 Å². The minimum Gasteiger partial charge on any atom is -0.241 e. The second kappa shape index (κ2) is 4.89. The molecule has 76 valence electrons. The minimum absolute atomic E-state index is 1.00. The van der Waals surface area contributed by atoms with Gasteiger partial charge in [-0.25, -0.2) is 4.98 Å². The Bertz CT molecular complexity index is 431. The van der Waals surface area contributed by atoms with Crippen LogP contribution in [0.4, 0.5) is 0 Å². The molecular formula is C13H13NS. The van der Waals surface area contributed by atoms with Crippen molar-refractivity contribution in [3.8, 4) is 11.3 Å². The maximum Gasteiger partial charge on any atom is 0.0935 e. The number of thiazole rings is 1. The van der Waals surface area contributed by atoms with E-state index in [4.69, 9.17) is 0 Å². The Morgan fingerprint density at radius 1 is 1.27 bits per heavy atom. The minimum atomic E-state index is 1.00. The lowest BCUT2D eigenvalue weighted by molar-refractivity contribution is 0.984. The van der Waals surface area contributed by atoms with Crippen LogP contribution in [-0.2, 0) is 6.42 Å². The molecule has 1 aromatic carbocycles. The molecule has 0 bridgehead atoms. The van der Waals surface area contributed by atoms with Crippen molar-refractivity contribution in [1.82, 2.24) is 4.98 Å². The first-order chi connectivity index (χ1) is 7.40. The van der Waals surface area contributed by atoms with Crippen molar-refractivity contribution in [2.75, 3.05) is 0 Å². The highest BCUT2D eigenvalue weighted by Gasteiger charge is 2.02. The molecule has 1 heterocycles. The Morgan fingerprint density at radius 3 is 2.80 bits per heavy atom. The summed E-state index contributed by atoms with van der Waals surface area (Å²) in [6, 6.07) is 10.3. The van der Waals surface area contributed by atoms with E-state index in [0.29, 0.717) is 0 Å². The molecule has 0 aliphatic heterocycles. The average molecular weight is 215 g/mol. The van der Waals surface area contributed by atoms with E-state index in [1.54, 1.807) is 11.3 Å². The molecule has 0 aliphatic carbocycles. The van der Waals surface area contributed by atoms with Gasteiger partial charge in [0.05, 0.1) is 10.7 Å². The zero-order valence-corrected chi connectivity index (χ0v) is 9.33. The SMILES string of the molecule is C=CCCc1nc(-c2ccccc2)cs1. The molecule has 0 N–H and O–H groups in total. The molecule has 15 heavy (non-hydrogen) atoms. The number of rotatable bonds is 4. The lowest BCUT2D eigenvalue weighted by atomic mass is 10.2. The normalized spacial score (nSPS) is 10.1. The molecule has 0 atom stereocenters. The fourth-order valence-electron chi connectivity index (χ4n) is 1.39. The number of benzene rings is 1. The summed E-state index contributed by atoms with van der Waals surface area (Å²) in [6.07, 6.45) is 3.94. The fourth-order valence-corrected chi connectivity index (χ4v) is 2.22. The average Bonchev–Trinajstić information content (AvgIpc) is 2.76. The third-order valence-corrected chi connectivity index (χ3v) is 3.09. The van der Waals surface area contributed by atoms with Crippen LogP contribution in [0.3, 0.4) is 0 Å². The maximum absolute atomic E-state index is 4.59. The van der Waals surface area contributed by atoms with Crippen molar-refractivity contribution in [3.63, 3.8) is 0 Å². The number of nitrogens with zero attached hydrogens (tertiary/aromatic N) is 1. The molecule has 0 amide bonds. The molecular weight excluding hydrogens is 202 g/mol. The second-order valence-corrected chi connectivity index (χ2v) is 4.26. The van der Waals surface area contributed by atoms with Crippen molar-refractivity contribution in [3.05, 3.63) is 53.4 Å². The molecule has 0 fully saturated rings. The van der Waals surface area contributed by atoms with E-state index >= 15 is 0 Å². The monoisotopic (exact) mass is 215 g/mol. The molecule has 2 rings (SSSR count). The maximum atomic E-state index is 4.59. The van der Waals surface area contributed by atoms with Gasteiger partial charge in [-0.15, -0.1) is 17.9 Å². The van der Waals surface area contributed by atoms with Crippen LogP contribution in [0.25, 0.3) is 11.3 Å². The number of hydrogen-bond acceptors (Lipinski definition) is 2. The predicted molar refractivity (Wildman–Crippen MR) is 66.1 cm³/mol. The molecule has 0 saturated carbocycles. The summed E-state index contributed by atoms with van der Waals surface area (Å²) >= 11 is 1.73. The van der Waals surface area contributed by atoms with E-state index < -0.39 is 0 Å². The van der Waals surface area contributed by atoms with Gasteiger partial charge in [0, 0.05) is 17.4 Å². The van der Waals surface area contributed by atoms with Crippen LogP contribution in [-0.4, -0.2) is 4.98 Å². The molecule has 2 aromatic rings. The van der Waals surface area contributed by atoms with Gasteiger partial charge < -0.3 is 0 Å². The number of aromatic nitrogens is 1. The number of aryl methyl sites for hydroxylation is 1. The molecule has 0 unspecified atom stereocenters. The van der Waals surface area contributed by atoms with Crippen LogP contribution in [0, 0.1) is 0 Å². The van der Waals surface area contributed by atoms with Crippen LogP contribution < -0.4 is 0 Å². The fraction of sp³-hybridized carbons (Fsp3) is 0.154. The number of allylic oxidation sites excluding steroid dienone is 1. The summed E-state index contributed by atoms with van der Waals surface area (Å²) < 4.78 is 0.